The first-order chi connectivity index (χ1) is 8.16. The van der Waals surface area contributed by atoms with Crippen molar-refractivity contribution in [3.63, 3.8) is 0 Å². The Kier molecular flexibility index (Phi) is 3.74. The van der Waals surface area contributed by atoms with E-state index in [1.165, 1.54) is 25.0 Å². The maximum Gasteiger partial charge on any atom is 0.254 e. The Morgan fingerprint density at radius 2 is 2.18 bits per heavy atom. The van der Waals surface area contributed by atoms with Crippen molar-refractivity contribution in [3.05, 3.63) is 35.1 Å². The second-order valence-corrected chi connectivity index (χ2v) is 4.47. The van der Waals surface area contributed by atoms with E-state index in [4.69, 9.17) is 0 Å². The summed E-state index contributed by atoms with van der Waals surface area (Å²) >= 11 is 0. The lowest BCUT2D eigenvalue weighted by Crippen LogP contribution is -2.33. The molecule has 0 bridgehead atoms. The molecule has 1 aromatic carbocycles. The number of aryl methyl sites for hydroxylation is 1. The van der Waals surface area contributed by atoms with Crippen molar-refractivity contribution < 1.29 is 9.18 Å². The van der Waals surface area contributed by atoms with Crippen molar-refractivity contribution in [3.8, 4) is 0 Å². The second kappa shape index (κ2) is 5.27. The van der Waals surface area contributed by atoms with Gasteiger partial charge >= 0.3 is 0 Å². The van der Waals surface area contributed by atoms with Crippen LogP contribution >= 0.6 is 0 Å². The van der Waals surface area contributed by atoms with Gasteiger partial charge in [-0.05, 0) is 37.5 Å². The van der Waals surface area contributed by atoms with Gasteiger partial charge in [0.25, 0.3) is 5.91 Å². The van der Waals surface area contributed by atoms with Crippen molar-refractivity contribution in [1.29, 1.82) is 0 Å². The summed E-state index contributed by atoms with van der Waals surface area (Å²) in [5.41, 5.74) is 0.927. The Labute approximate surface area is 100 Å². The zero-order chi connectivity index (χ0) is 12.3. The molecule has 0 aliphatic heterocycles. The van der Waals surface area contributed by atoms with Gasteiger partial charge in [-0.1, -0.05) is 6.07 Å². The summed E-state index contributed by atoms with van der Waals surface area (Å²) in [7, 11) is 0. The molecule has 4 heteroatoms. The lowest BCUT2D eigenvalue weighted by molar-refractivity contribution is 0.0950. The SMILES string of the molecule is Cc1ccc(C(=O)NCCNC2CC2)c(F)c1. The molecule has 92 valence electrons. The highest BCUT2D eigenvalue weighted by atomic mass is 19.1. The Morgan fingerprint density at radius 3 is 2.82 bits per heavy atom. The Bertz CT molecular complexity index is 416. The molecule has 0 atom stereocenters. The summed E-state index contributed by atoms with van der Waals surface area (Å²) in [4.78, 5) is 11.7. The van der Waals surface area contributed by atoms with E-state index in [-0.39, 0.29) is 11.5 Å². The molecule has 0 unspecified atom stereocenters. The van der Waals surface area contributed by atoms with Gasteiger partial charge in [-0.15, -0.1) is 0 Å². The number of rotatable bonds is 5. The molecule has 2 rings (SSSR count). The lowest BCUT2D eigenvalue weighted by Gasteiger charge is -2.07. The molecule has 1 aliphatic rings. The van der Waals surface area contributed by atoms with E-state index in [9.17, 15) is 9.18 Å². The zero-order valence-electron chi connectivity index (χ0n) is 9.92. The van der Waals surface area contributed by atoms with E-state index in [0.717, 1.165) is 12.1 Å². The van der Waals surface area contributed by atoms with Crippen molar-refractivity contribution in [2.75, 3.05) is 13.1 Å². The van der Waals surface area contributed by atoms with Gasteiger partial charge in [0.1, 0.15) is 5.82 Å². The smallest absolute Gasteiger partial charge is 0.254 e. The average Bonchev–Trinajstić information content (AvgIpc) is 3.08. The third kappa shape index (κ3) is 3.53. The topological polar surface area (TPSA) is 41.1 Å². The standard InChI is InChI=1S/C13H17FN2O/c1-9-2-5-11(12(14)8-9)13(17)16-7-6-15-10-3-4-10/h2,5,8,10,15H,3-4,6-7H2,1H3,(H,16,17). The minimum Gasteiger partial charge on any atom is -0.351 e. The number of nitrogens with one attached hydrogen (secondary N) is 2. The predicted octanol–water partition coefficient (Wildman–Crippen LogP) is 1.62. The number of carbonyl (C=O) groups is 1. The van der Waals surface area contributed by atoms with E-state index in [2.05, 4.69) is 10.6 Å². The van der Waals surface area contributed by atoms with E-state index in [1.54, 1.807) is 13.0 Å². The highest BCUT2D eigenvalue weighted by Crippen LogP contribution is 2.17. The molecule has 0 spiro atoms. The highest BCUT2D eigenvalue weighted by Gasteiger charge is 2.19. The van der Waals surface area contributed by atoms with Crippen LogP contribution in [0.1, 0.15) is 28.8 Å². The van der Waals surface area contributed by atoms with Crippen LogP contribution in [0.2, 0.25) is 0 Å². The molecule has 1 aromatic rings. The van der Waals surface area contributed by atoms with Crippen LogP contribution in [0, 0.1) is 12.7 Å². The lowest BCUT2D eigenvalue weighted by atomic mass is 10.1. The van der Waals surface area contributed by atoms with Gasteiger partial charge in [-0.25, -0.2) is 4.39 Å². The molecule has 1 aliphatic carbocycles. The summed E-state index contributed by atoms with van der Waals surface area (Å²) in [5.74, 6) is -0.808. The van der Waals surface area contributed by atoms with Crippen molar-refractivity contribution in [2.24, 2.45) is 0 Å². The molecule has 0 saturated heterocycles. The number of amides is 1. The van der Waals surface area contributed by atoms with Crippen LogP contribution in [-0.4, -0.2) is 25.0 Å². The Hall–Kier alpha value is -1.42. The molecule has 0 aromatic heterocycles. The van der Waals surface area contributed by atoms with Crippen LogP contribution in [0.15, 0.2) is 18.2 Å². The highest BCUT2D eigenvalue weighted by molar-refractivity contribution is 5.94. The number of halogens is 1. The summed E-state index contributed by atoms with van der Waals surface area (Å²) in [5, 5.41) is 5.98. The van der Waals surface area contributed by atoms with Gasteiger partial charge in [-0.3, -0.25) is 4.79 Å². The normalized spacial score (nSPS) is 14.7. The number of carbonyl (C=O) groups excluding carboxylic acids is 1. The van der Waals surface area contributed by atoms with Crippen LogP contribution in [0.25, 0.3) is 0 Å². The van der Waals surface area contributed by atoms with Crippen molar-refractivity contribution in [1.82, 2.24) is 10.6 Å². The molecule has 2 N–H and O–H groups in total. The summed E-state index contributed by atoms with van der Waals surface area (Å²) in [6, 6.07) is 5.26. The molecule has 0 radical (unpaired) electrons. The van der Waals surface area contributed by atoms with Gasteiger partial charge in [0.2, 0.25) is 0 Å². The molecule has 1 saturated carbocycles. The monoisotopic (exact) mass is 236 g/mol. The fraction of sp³-hybridized carbons (Fsp3) is 0.462. The summed E-state index contributed by atoms with van der Waals surface area (Å²) in [6.45, 7) is 3.07. The van der Waals surface area contributed by atoms with Gasteiger partial charge in [0.05, 0.1) is 5.56 Å². The van der Waals surface area contributed by atoms with E-state index in [1.807, 2.05) is 0 Å². The molecule has 1 fully saturated rings. The van der Waals surface area contributed by atoms with Crippen LogP contribution in [0.5, 0.6) is 0 Å². The average molecular weight is 236 g/mol. The van der Waals surface area contributed by atoms with Crippen molar-refractivity contribution in [2.45, 2.75) is 25.8 Å². The number of hydrogen-bond acceptors (Lipinski definition) is 2. The van der Waals surface area contributed by atoms with E-state index in [0.29, 0.717) is 12.6 Å². The van der Waals surface area contributed by atoms with Crippen molar-refractivity contribution >= 4 is 5.91 Å². The van der Waals surface area contributed by atoms with Gasteiger partial charge < -0.3 is 10.6 Å². The molecule has 3 nitrogen and oxygen atoms in total. The Balaban J connectivity index is 1.81. The third-order valence-electron chi connectivity index (χ3n) is 2.79. The van der Waals surface area contributed by atoms with Gasteiger partial charge in [-0.2, -0.15) is 0 Å². The first-order valence-corrected chi connectivity index (χ1v) is 5.94. The van der Waals surface area contributed by atoms with Crippen LogP contribution < -0.4 is 10.6 Å². The maximum atomic E-state index is 13.5. The summed E-state index contributed by atoms with van der Waals surface area (Å²) in [6.07, 6.45) is 2.45. The molecular formula is C13H17FN2O. The van der Waals surface area contributed by atoms with Crippen LogP contribution in [-0.2, 0) is 0 Å². The number of hydrogen-bond donors (Lipinski definition) is 2. The maximum absolute atomic E-state index is 13.5. The minimum atomic E-state index is -0.461. The van der Waals surface area contributed by atoms with Crippen LogP contribution in [0.4, 0.5) is 4.39 Å². The summed E-state index contributed by atoms with van der Waals surface area (Å²) < 4.78 is 13.5. The molecule has 0 heterocycles. The fourth-order valence-electron chi connectivity index (χ4n) is 1.64. The Morgan fingerprint density at radius 1 is 1.41 bits per heavy atom. The zero-order valence-corrected chi connectivity index (χ0v) is 9.92. The van der Waals surface area contributed by atoms with E-state index < -0.39 is 5.82 Å². The first kappa shape index (κ1) is 12.0. The minimum absolute atomic E-state index is 0.113. The van der Waals surface area contributed by atoms with Gasteiger partial charge in [0, 0.05) is 19.1 Å². The molecule has 17 heavy (non-hydrogen) atoms. The van der Waals surface area contributed by atoms with Gasteiger partial charge in [0.15, 0.2) is 0 Å². The predicted molar refractivity (Wildman–Crippen MR) is 64.5 cm³/mol. The quantitative estimate of drug-likeness (QED) is 0.763. The van der Waals surface area contributed by atoms with E-state index >= 15 is 0 Å². The largest absolute Gasteiger partial charge is 0.351 e. The molecular weight excluding hydrogens is 219 g/mol. The number of benzene rings is 1. The van der Waals surface area contributed by atoms with Crippen LogP contribution in [0.3, 0.4) is 0 Å². The fourth-order valence-corrected chi connectivity index (χ4v) is 1.64. The first-order valence-electron chi connectivity index (χ1n) is 5.94. The molecule has 1 amide bonds. The third-order valence-corrected chi connectivity index (χ3v) is 2.79. The second-order valence-electron chi connectivity index (χ2n) is 4.47.